The van der Waals surface area contributed by atoms with Crippen molar-refractivity contribution in [3.05, 3.63) is 58.9 Å². The van der Waals surface area contributed by atoms with Crippen LogP contribution in [0.15, 0.2) is 52.9 Å². The molecule has 3 aromatic rings. The lowest BCUT2D eigenvalue weighted by molar-refractivity contribution is -0.119. The van der Waals surface area contributed by atoms with Crippen molar-refractivity contribution in [2.75, 3.05) is 0 Å². The summed E-state index contributed by atoms with van der Waals surface area (Å²) in [5, 5.41) is 5.39. The summed E-state index contributed by atoms with van der Waals surface area (Å²) >= 11 is 2.59. The molecule has 3 amide bonds. The van der Waals surface area contributed by atoms with Gasteiger partial charge in [-0.15, -0.1) is 17.9 Å². The molecule has 0 saturated heterocycles. The van der Waals surface area contributed by atoms with E-state index >= 15 is 0 Å². The standard InChI is InChI=1S/C24H28N4O3S2/c1-7-13-28-21(30)17-14(2)18(16-11-9-8-10-12-16)33-20(17)26-23(28)32-15(3)19(29)25-22(31)27-24(4,5)6/h7-12,15H,1,13H2,2-6H3,(H2,25,27,29,31). The van der Waals surface area contributed by atoms with Crippen molar-refractivity contribution in [1.82, 2.24) is 20.2 Å². The van der Waals surface area contributed by atoms with E-state index in [9.17, 15) is 14.4 Å². The number of nitrogens with one attached hydrogen (secondary N) is 2. The number of benzene rings is 1. The fraction of sp³-hybridized carbons (Fsp3) is 0.333. The van der Waals surface area contributed by atoms with Gasteiger partial charge in [0.2, 0.25) is 5.91 Å². The van der Waals surface area contributed by atoms with Crippen LogP contribution in [0.4, 0.5) is 4.79 Å². The van der Waals surface area contributed by atoms with Crippen LogP contribution in [0.25, 0.3) is 20.7 Å². The van der Waals surface area contributed by atoms with Gasteiger partial charge in [-0.05, 0) is 45.7 Å². The lowest BCUT2D eigenvalue weighted by Crippen LogP contribution is -2.49. The second kappa shape index (κ2) is 9.93. The summed E-state index contributed by atoms with van der Waals surface area (Å²) in [4.78, 5) is 44.4. The molecule has 1 unspecified atom stereocenters. The first kappa shape index (κ1) is 24.7. The minimum absolute atomic E-state index is 0.170. The van der Waals surface area contributed by atoms with Gasteiger partial charge in [0, 0.05) is 17.0 Å². The molecule has 7 nitrogen and oxygen atoms in total. The lowest BCUT2D eigenvalue weighted by Gasteiger charge is -2.21. The van der Waals surface area contributed by atoms with Crippen LogP contribution in [0.1, 0.15) is 33.3 Å². The zero-order valence-electron chi connectivity index (χ0n) is 19.4. The average molecular weight is 485 g/mol. The Labute approximate surface area is 201 Å². The van der Waals surface area contributed by atoms with Gasteiger partial charge in [0.25, 0.3) is 5.56 Å². The number of carbonyl (C=O) groups is 2. The second-order valence-corrected chi connectivity index (χ2v) is 11.0. The Morgan fingerprint density at radius 2 is 1.94 bits per heavy atom. The molecule has 0 aliphatic heterocycles. The Kier molecular flexibility index (Phi) is 7.44. The van der Waals surface area contributed by atoms with Crippen LogP contribution in [0.5, 0.6) is 0 Å². The molecule has 0 spiro atoms. The van der Waals surface area contributed by atoms with Gasteiger partial charge in [0.15, 0.2) is 5.16 Å². The molecule has 0 bridgehead atoms. The first-order chi connectivity index (χ1) is 15.5. The van der Waals surface area contributed by atoms with Crippen molar-refractivity contribution < 1.29 is 9.59 Å². The van der Waals surface area contributed by atoms with E-state index in [4.69, 9.17) is 4.98 Å². The number of hydrogen-bond donors (Lipinski definition) is 2. The lowest BCUT2D eigenvalue weighted by atomic mass is 10.1. The summed E-state index contributed by atoms with van der Waals surface area (Å²) in [6.07, 6.45) is 1.63. The number of urea groups is 1. The maximum Gasteiger partial charge on any atom is 0.321 e. The van der Waals surface area contributed by atoms with Crippen molar-refractivity contribution in [3.63, 3.8) is 0 Å². The Hall–Kier alpha value is -2.91. The molecule has 2 N–H and O–H groups in total. The van der Waals surface area contributed by atoms with Crippen molar-refractivity contribution in [2.24, 2.45) is 0 Å². The molecule has 1 aromatic carbocycles. The van der Waals surface area contributed by atoms with Crippen LogP contribution in [0.2, 0.25) is 0 Å². The van der Waals surface area contributed by atoms with Crippen LogP contribution in [-0.4, -0.2) is 32.3 Å². The number of rotatable bonds is 6. The van der Waals surface area contributed by atoms with E-state index in [1.54, 1.807) is 13.0 Å². The molecule has 2 aromatic heterocycles. The summed E-state index contributed by atoms with van der Waals surface area (Å²) < 4.78 is 1.52. The molecular weight excluding hydrogens is 456 g/mol. The number of thioether (sulfide) groups is 1. The van der Waals surface area contributed by atoms with Crippen LogP contribution in [0.3, 0.4) is 0 Å². The van der Waals surface area contributed by atoms with Crippen LogP contribution < -0.4 is 16.2 Å². The van der Waals surface area contributed by atoms with Gasteiger partial charge >= 0.3 is 6.03 Å². The Balaban J connectivity index is 1.96. The van der Waals surface area contributed by atoms with E-state index in [-0.39, 0.29) is 12.1 Å². The first-order valence-electron chi connectivity index (χ1n) is 10.5. The topological polar surface area (TPSA) is 93.1 Å². The summed E-state index contributed by atoms with van der Waals surface area (Å²) in [5.41, 5.74) is 1.28. The summed E-state index contributed by atoms with van der Waals surface area (Å²) in [7, 11) is 0. The summed E-state index contributed by atoms with van der Waals surface area (Å²) in [5.74, 6) is -0.464. The number of thiophene rings is 1. The van der Waals surface area contributed by atoms with Gasteiger partial charge < -0.3 is 5.32 Å². The van der Waals surface area contributed by atoms with Crippen LogP contribution in [-0.2, 0) is 11.3 Å². The van der Waals surface area contributed by atoms with Gasteiger partial charge in [-0.2, -0.15) is 0 Å². The molecule has 33 heavy (non-hydrogen) atoms. The number of aromatic nitrogens is 2. The maximum absolute atomic E-state index is 13.4. The zero-order valence-corrected chi connectivity index (χ0v) is 21.0. The molecule has 9 heteroatoms. The van der Waals surface area contributed by atoms with E-state index in [1.807, 2.05) is 58.0 Å². The number of allylic oxidation sites excluding steroid dienone is 1. The molecule has 2 heterocycles. The Bertz CT molecular complexity index is 1260. The monoisotopic (exact) mass is 484 g/mol. The molecule has 1 atom stereocenters. The first-order valence-corrected chi connectivity index (χ1v) is 12.2. The van der Waals surface area contributed by atoms with Crippen LogP contribution in [0, 0.1) is 6.92 Å². The maximum atomic E-state index is 13.4. The number of imide groups is 1. The molecular formula is C24H28N4O3S2. The third-order valence-electron chi connectivity index (χ3n) is 4.74. The Morgan fingerprint density at radius 1 is 1.27 bits per heavy atom. The van der Waals surface area contributed by atoms with Crippen molar-refractivity contribution >= 4 is 45.3 Å². The fourth-order valence-electron chi connectivity index (χ4n) is 3.24. The zero-order chi connectivity index (χ0) is 24.3. The third kappa shape index (κ3) is 5.72. The molecule has 0 saturated carbocycles. The van der Waals surface area contributed by atoms with Gasteiger partial charge in [0.1, 0.15) is 4.83 Å². The molecule has 0 aliphatic rings. The normalized spacial score (nSPS) is 12.4. The van der Waals surface area contributed by atoms with Crippen molar-refractivity contribution in [2.45, 2.75) is 57.1 Å². The van der Waals surface area contributed by atoms with E-state index in [2.05, 4.69) is 17.2 Å². The molecule has 174 valence electrons. The minimum atomic E-state index is -0.647. The average Bonchev–Trinajstić information content (AvgIpc) is 3.06. The quantitative estimate of drug-likeness (QED) is 0.300. The highest BCUT2D eigenvalue weighted by Gasteiger charge is 2.24. The highest BCUT2D eigenvalue weighted by atomic mass is 32.2. The highest BCUT2D eigenvalue weighted by Crippen LogP contribution is 2.36. The van der Waals surface area contributed by atoms with Gasteiger partial charge in [-0.25, -0.2) is 9.78 Å². The predicted octanol–water partition coefficient (Wildman–Crippen LogP) is 4.72. The highest BCUT2D eigenvalue weighted by molar-refractivity contribution is 8.00. The fourth-order valence-corrected chi connectivity index (χ4v) is 5.39. The van der Waals surface area contributed by atoms with Crippen LogP contribution >= 0.6 is 23.1 Å². The van der Waals surface area contributed by atoms with Crippen molar-refractivity contribution in [3.8, 4) is 10.4 Å². The summed E-state index contributed by atoms with van der Waals surface area (Å²) in [6, 6.07) is 9.31. The minimum Gasteiger partial charge on any atom is -0.333 e. The SMILES string of the molecule is C=CCn1c(SC(C)C(=O)NC(=O)NC(C)(C)C)nc2sc(-c3ccccc3)c(C)c2c1=O. The predicted molar refractivity (Wildman–Crippen MR) is 136 cm³/mol. The van der Waals surface area contributed by atoms with Gasteiger partial charge in [0.05, 0.1) is 10.6 Å². The number of fused-ring (bicyclic) bond motifs is 1. The molecule has 3 rings (SSSR count). The van der Waals surface area contributed by atoms with Crippen molar-refractivity contribution in [1.29, 1.82) is 0 Å². The second-order valence-electron chi connectivity index (χ2n) is 8.65. The summed E-state index contributed by atoms with van der Waals surface area (Å²) in [6.45, 7) is 13.1. The van der Waals surface area contributed by atoms with Gasteiger partial charge in [-0.3, -0.25) is 19.5 Å². The number of aryl methyl sites for hydroxylation is 1. The number of hydrogen-bond acceptors (Lipinski definition) is 6. The molecule has 0 aliphatic carbocycles. The molecule has 0 radical (unpaired) electrons. The molecule has 0 fully saturated rings. The number of carbonyl (C=O) groups excluding carboxylic acids is 2. The van der Waals surface area contributed by atoms with E-state index in [0.717, 1.165) is 27.8 Å². The van der Waals surface area contributed by atoms with E-state index in [0.29, 0.717) is 15.4 Å². The number of nitrogens with zero attached hydrogens (tertiary/aromatic N) is 2. The largest absolute Gasteiger partial charge is 0.333 e. The number of amides is 3. The smallest absolute Gasteiger partial charge is 0.321 e. The van der Waals surface area contributed by atoms with Gasteiger partial charge in [-0.1, -0.05) is 48.2 Å². The van der Waals surface area contributed by atoms with E-state index in [1.165, 1.54) is 15.9 Å². The van der Waals surface area contributed by atoms with E-state index < -0.39 is 22.7 Å². The third-order valence-corrected chi connectivity index (χ3v) is 7.06. The Morgan fingerprint density at radius 3 is 2.55 bits per heavy atom.